The van der Waals surface area contributed by atoms with Crippen LogP contribution in [-0.4, -0.2) is 90.7 Å². The Balaban J connectivity index is 1.32. The van der Waals surface area contributed by atoms with Crippen LogP contribution in [0.2, 0.25) is 0 Å². The van der Waals surface area contributed by atoms with Gasteiger partial charge in [-0.25, -0.2) is 4.98 Å². The van der Waals surface area contributed by atoms with Crippen molar-refractivity contribution in [3.63, 3.8) is 0 Å². The summed E-state index contributed by atoms with van der Waals surface area (Å²) in [5.41, 5.74) is 6.16. The fourth-order valence-electron chi connectivity index (χ4n) is 5.92. The Labute approximate surface area is 216 Å². The number of likely N-dealkylation sites (N-methyl/N-ethyl adjacent to an activating group) is 1. The van der Waals surface area contributed by atoms with E-state index in [1.54, 1.807) is 19.1 Å². The number of rotatable bonds is 8. The summed E-state index contributed by atoms with van der Waals surface area (Å²) >= 11 is 0. The molecule has 6 rings (SSSR count). The standard InChI is InChI=1S/C27H36N6O4/c1-16(33-5-7-36-8-6-33)26(34)32(3)22-12-19-20(13-23(22)37-10-9-35-4)29-25(28-19)24-18-11-17-14-27(17,2)15-21(18)30-31-24/h12-13,16-17H,5-11,14-15H2,1-4H3,(H,28,29)(H,30,31)/t16?,17-,27-/m1/s1. The number of imidazole rings is 1. The van der Waals surface area contributed by atoms with Crippen LogP contribution in [0.5, 0.6) is 5.75 Å². The first-order valence-corrected chi connectivity index (χ1v) is 13.2. The highest BCUT2D eigenvalue weighted by atomic mass is 16.5. The lowest BCUT2D eigenvalue weighted by Gasteiger charge is -2.33. The zero-order valence-electron chi connectivity index (χ0n) is 22.1. The van der Waals surface area contributed by atoms with Crippen molar-refractivity contribution in [3.05, 3.63) is 23.4 Å². The van der Waals surface area contributed by atoms with E-state index in [9.17, 15) is 4.79 Å². The van der Waals surface area contributed by atoms with E-state index in [-0.39, 0.29) is 11.9 Å². The first kappa shape index (κ1) is 24.4. The maximum absolute atomic E-state index is 13.5. The lowest BCUT2D eigenvalue weighted by Crippen LogP contribution is -2.50. The van der Waals surface area contributed by atoms with Crippen LogP contribution < -0.4 is 9.64 Å². The summed E-state index contributed by atoms with van der Waals surface area (Å²) in [5.74, 6) is 2.09. The lowest BCUT2D eigenvalue weighted by molar-refractivity contribution is -0.124. The zero-order valence-corrected chi connectivity index (χ0v) is 22.1. The molecule has 0 bridgehead atoms. The van der Waals surface area contributed by atoms with Crippen LogP contribution in [0.15, 0.2) is 12.1 Å². The molecule has 37 heavy (non-hydrogen) atoms. The van der Waals surface area contributed by atoms with Crippen molar-refractivity contribution < 1.29 is 19.0 Å². The van der Waals surface area contributed by atoms with Crippen LogP contribution in [0.1, 0.15) is 31.5 Å². The Hall–Kier alpha value is -2.95. The van der Waals surface area contributed by atoms with Gasteiger partial charge in [0.2, 0.25) is 5.91 Å². The van der Waals surface area contributed by atoms with E-state index in [2.05, 4.69) is 27.0 Å². The number of methoxy groups -OCH3 is 1. The number of fused-ring (bicyclic) bond motifs is 3. The number of benzene rings is 1. The summed E-state index contributed by atoms with van der Waals surface area (Å²) in [4.78, 5) is 25.7. The summed E-state index contributed by atoms with van der Waals surface area (Å²) in [5, 5.41) is 7.92. The van der Waals surface area contributed by atoms with E-state index in [0.717, 1.165) is 54.4 Å². The normalized spacial score (nSPS) is 23.9. The molecule has 2 fully saturated rings. The first-order valence-electron chi connectivity index (χ1n) is 13.2. The monoisotopic (exact) mass is 508 g/mol. The summed E-state index contributed by atoms with van der Waals surface area (Å²) in [7, 11) is 3.44. The molecule has 1 unspecified atom stereocenters. The maximum Gasteiger partial charge on any atom is 0.243 e. The highest BCUT2D eigenvalue weighted by molar-refractivity contribution is 6.00. The van der Waals surface area contributed by atoms with Crippen molar-refractivity contribution in [1.82, 2.24) is 25.1 Å². The van der Waals surface area contributed by atoms with Gasteiger partial charge in [0.05, 0.1) is 42.6 Å². The van der Waals surface area contributed by atoms with Crippen molar-refractivity contribution in [2.75, 3.05) is 58.6 Å². The third kappa shape index (κ3) is 4.41. The number of anilines is 1. The second-order valence-electron chi connectivity index (χ2n) is 11.0. The Kier molecular flexibility index (Phi) is 6.21. The van der Waals surface area contributed by atoms with Crippen molar-refractivity contribution in [2.45, 2.75) is 39.2 Å². The maximum atomic E-state index is 13.5. The largest absolute Gasteiger partial charge is 0.489 e. The number of H-pyrrole nitrogens is 2. The molecule has 198 valence electrons. The Morgan fingerprint density at radius 2 is 2.14 bits per heavy atom. The smallest absolute Gasteiger partial charge is 0.243 e. The molecule has 1 saturated carbocycles. The molecule has 0 spiro atoms. The van der Waals surface area contributed by atoms with E-state index in [4.69, 9.17) is 19.2 Å². The van der Waals surface area contributed by atoms with Gasteiger partial charge in [0.15, 0.2) is 5.82 Å². The zero-order chi connectivity index (χ0) is 25.7. The van der Waals surface area contributed by atoms with E-state index in [1.165, 1.54) is 17.7 Å². The number of aromatic nitrogens is 4. The fraction of sp³-hybridized carbons (Fsp3) is 0.593. The first-order chi connectivity index (χ1) is 17.9. The highest BCUT2D eigenvalue weighted by Crippen LogP contribution is 2.59. The topological polar surface area (TPSA) is 109 Å². The molecule has 3 aliphatic rings. The van der Waals surface area contributed by atoms with E-state index in [0.29, 0.717) is 43.3 Å². The van der Waals surface area contributed by atoms with Crippen LogP contribution in [0.3, 0.4) is 0 Å². The minimum absolute atomic E-state index is 0.00596. The lowest BCUT2D eigenvalue weighted by atomic mass is 9.88. The number of nitrogens with zero attached hydrogens (tertiary/aromatic N) is 4. The molecular formula is C27H36N6O4. The number of aromatic amines is 2. The predicted molar refractivity (Wildman–Crippen MR) is 140 cm³/mol. The molecule has 10 nitrogen and oxygen atoms in total. The predicted octanol–water partition coefficient (Wildman–Crippen LogP) is 2.79. The number of amides is 1. The summed E-state index contributed by atoms with van der Waals surface area (Å²) in [6.45, 7) is 7.92. The molecule has 1 saturated heterocycles. The molecule has 3 atom stereocenters. The number of morpholine rings is 1. The van der Waals surface area contributed by atoms with Crippen LogP contribution in [-0.2, 0) is 27.1 Å². The second-order valence-corrected chi connectivity index (χ2v) is 11.0. The molecule has 1 aromatic carbocycles. The SMILES string of the molecule is COCCOc1cc2nc(-c3n[nH]c4c3C[C@@H]3C[C@]3(C)C4)[nH]c2cc1N(C)C(=O)C(C)N1CCOCC1. The van der Waals surface area contributed by atoms with Crippen LogP contribution in [0.25, 0.3) is 22.6 Å². The molecule has 2 aromatic heterocycles. The van der Waals surface area contributed by atoms with E-state index >= 15 is 0 Å². The number of ether oxygens (including phenoxy) is 3. The average Bonchev–Trinajstić information content (AvgIpc) is 3.20. The molecule has 2 aliphatic carbocycles. The molecule has 1 amide bonds. The van der Waals surface area contributed by atoms with Gasteiger partial charge in [-0.2, -0.15) is 5.10 Å². The molecule has 3 heterocycles. The van der Waals surface area contributed by atoms with Gasteiger partial charge in [-0.3, -0.25) is 14.8 Å². The van der Waals surface area contributed by atoms with Crippen molar-refractivity contribution >= 4 is 22.6 Å². The van der Waals surface area contributed by atoms with Gasteiger partial charge in [-0.1, -0.05) is 6.92 Å². The van der Waals surface area contributed by atoms with Gasteiger partial charge >= 0.3 is 0 Å². The number of hydrogen-bond donors (Lipinski definition) is 2. The van der Waals surface area contributed by atoms with E-state index < -0.39 is 0 Å². The van der Waals surface area contributed by atoms with Gasteiger partial charge in [0, 0.05) is 44.6 Å². The highest BCUT2D eigenvalue weighted by Gasteiger charge is 2.53. The molecule has 10 heteroatoms. The minimum Gasteiger partial charge on any atom is -0.489 e. The molecular weight excluding hydrogens is 472 g/mol. The second kappa shape index (κ2) is 9.41. The quantitative estimate of drug-likeness (QED) is 0.451. The van der Waals surface area contributed by atoms with Crippen molar-refractivity contribution in [2.24, 2.45) is 11.3 Å². The number of carbonyl (C=O) groups is 1. The van der Waals surface area contributed by atoms with Crippen LogP contribution in [0, 0.1) is 11.3 Å². The van der Waals surface area contributed by atoms with Gasteiger partial charge in [-0.15, -0.1) is 0 Å². The fourth-order valence-corrected chi connectivity index (χ4v) is 5.92. The molecule has 0 radical (unpaired) electrons. The third-order valence-corrected chi connectivity index (χ3v) is 8.50. The summed E-state index contributed by atoms with van der Waals surface area (Å²) in [6, 6.07) is 3.59. The number of carbonyl (C=O) groups excluding carboxylic acids is 1. The minimum atomic E-state index is -0.266. The van der Waals surface area contributed by atoms with Gasteiger partial charge in [0.1, 0.15) is 18.1 Å². The van der Waals surface area contributed by atoms with E-state index in [1.807, 2.05) is 19.1 Å². The Morgan fingerprint density at radius 1 is 1.32 bits per heavy atom. The van der Waals surface area contributed by atoms with Gasteiger partial charge in [0.25, 0.3) is 0 Å². The van der Waals surface area contributed by atoms with Crippen LogP contribution in [0.4, 0.5) is 5.69 Å². The molecule has 2 N–H and O–H groups in total. The summed E-state index contributed by atoms with van der Waals surface area (Å²) < 4.78 is 16.7. The summed E-state index contributed by atoms with van der Waals surface area (Å²) in [6.07, 6.45) is 3.38. The number of nitrogens with one attached hydrogen (secondary N) is 2. The third-order valence-electron chi connectivity index (χ3n) is 8.50. The van der Waals surface area contributed by atoms with Crippen molar-refractivity contribution in [3.8, 4) is 17.3 Å². The Bertz CT molecular complexity index is 1310. The number of hydrogen-bond acceptors (Lipinski definition) is 7. The Morgan fingerprint density at radius 3 is 2.92 bits per heavy atom. The molecule has 1 aliphatic heterocycles. The molecule has 3 aromatic rings. The van der Waals surface area contributed by atoms with Crippen molar-refractivity contribution in [1.29, 1.82) is 0 Å². The van der Waals surface area contributed by atoms with Gasteiger partial charge < -0.3 is 24.1 Å². The van der Waals surface area contributed by atoms with Gasteiger partial charge in [-0.05, 0) is 43.6 Å². The van der Waals surface area contributed by atoms with Crippen LogP contribution >= 0.6 is 0 Å². The average molecular weight is 509 g/mol.